The Labute approximate surface area is 107 Å². The highest BCUT2D eigenvalue weighted by Crippen LogP contribution is 2.64. The summed E-state index contributed by atoms with van der Waals surface area (Å²) < 4.78 is 10.4. The van der Waals surface area contributed by atoms with Crippen molar-refractivity contribution in [2.45, 2.75) is 31.6 Å². The van der Waals surface area contributed by atoms with Crippen molar-refractivity contribution in [3.05, 3.63) is 29.3 Å². The molecule has 1 aromatic carbocycles. The number of hydrogen-bond donors (Lipinski definition) is 0. The molecule has 1 aromatic rings. The highest BCUT2D eigenvalue weighted by molar-refractivity contribution is 5.45. The first-order valence-corrected chi connectivity index (χ1v) is 6.40. The average Bonchev–Trinajstić information content (AvgIpc) is 3.08. The first kappa shape index (κ1) is 11.6. The van der Waals surface area contributed by atoms with Crippen LogP contribution in [-0.4, -0.2) is 13.9 Å². The van der Waals surface area contributed by atoms with Gasteiger partial charge in [-0.2, -0.15) is 5.26 Å². The van der Waals surface area contributed by atoms with Crippen LogP contribution >= 0.6 is 0 Å². The number of nitriles is 1. The third kappa shape index (κ3) is 1.77. The SMILES string of the molecule is COCOc1ccc2c(c1)CC1(CC1)C2CC#N. The smallest absolute Gasteiger partial charge is 0.188 e. The Balaban J connectivity index is 1.86. The van der Waals surface area contributed by atoms with Gasteiger partial charge in [0.15, 0.2) is 6.79 Å². The quantitative estimate of drug-likeness (QED) is 0.763. The van der Waals surface area contributed by atoms with Crippen molar-refractivity contribution >= 4 is 0 Å². The summed E-state index contributed by atoms with van der Waals surface area (Å²) >= 11 is 0. The summed E-state index contributed by atoms with van der Waals surface area (Å²) in [5.74, 6) is 1.30. The van der Waals surface area contributed by atoms with Crippen molar-refractivity contribution in [2.24, 2.45) is 5.41 Å². The molecular weight excluding hydrogens is 226 g/mol. The van der Waals surface area contributed by atoms with Gasteiger partial charge >= 0.3 is 0 Å². The van der Waals surface area contributed by atoms with Crippen LogP contribution < -0.4 is 4.74 Å². The van der Waals surface area contributed by atoms with Gasteiger partial charge in [0, 0.05) is 19.4 Å². The molecule has 0 aromatic heterocycles. The van der Waals surface area contributed by atoms with E-state index in [9.17, 15) is 0 Å². The minimum absolute atomic E-state index is 0.283. The van der Waals surface area contributed by atoms with E-state index in [0.717, 1.165) is 12.2 Å². The summed E-state index contributed by atoms with van der Waals surface area (Å²) in [6.07, 6.45) is 4.29. The summed E-state index contributed by atoms with van der Waals surface area (Å²) in [5.41, 5.74) is 3.12. The zero-order valence-corrected chi connectivity index (χ0v) is 10.6. The van der Waals surface area contributed by atoms with Gasteiger partial charge in [-0.05, 0) is 47.9 Å². The van der Waals surface area contributed by atoms with Gasteiger partial charge < -0.3 is 9.47 Å². The summed E-state index contributed by atoms with van der Waals surface area (Å²) in [4.78, 5) is 0. The maximum Gasteiger partial charge on any atom is 0.188 e. The van der Waals surface area contributed by atoms with E-state index in [1.807, 2.05) is 6.07 Å². The zero-order valence-electron chi connectivity index (χ0n) is 10.6. The second-order valence-corrected chi connectivity index (χ2v) is 5.37. The number of fused-ring (bicyclic) bond motifs is 1. The molecule has 1 unspecified atom stereocenters. The molecule has 3 heteroatoms. The van der Waals surface area contributed by atoms with E-state index in [1.54, 1.807) is 7.11 Å². The second kappa shape index (κ2) is 4.29. The van der Waals surface area contributed by atoms with Gasteiger partial charge in [-0.1, -0.05) is 6.07 Å². The molecule has 0 bridgehead atoms. The van der Waals surface area contributed by atoms with Crippen LogP contribution in [0.4, 0.5) is 0 Å². The first-order chi connectivity index (χ1) is 8.79. The van der Waals surface area contributed by atoms with Crippen LogP contribution in [0, 0.1) is 16.7 Å². The summed E-state index contributed by atoms with van der Waals surface area (Å²) in [6, 6.07) is 8.58. The van der Waals surface area contributed by atoms with Gasteiger partial charge in [-0.15, -0.1) is 0 Å². The van der Waals surface area contributed by atoms with Crippen molar-refractivity contribution < 1.29 is 9.47 Å². The van der Waals surface area contributed by atoms with Gasteiger partial charge in [-0.25, -0.2) is 0 Å². The van der Waals surface area contributed by atoms with Crippen molar-refractivity contribution in [1.82, 2.24) is 0 Å². The molecule has 3 nitrogen and oxygen atoms in total. The molecule has 0 saturated heterocycles. The van der Waals surface area contributed by atoms with Crippen LogP contribution in [0.2, 0.25) is 0 Å². The van der Waals surface area contributed by atoms with Crippen molar-refractivity contribution in [3.63, 3.8) is 0 Å². The average molecular weight is 243 g/mol. The Morgan fingerprint density at radius 2 is 2.28 bits per heavy atom. The minimum Gasteiger partial charge on any atom is -0.468 e. The molecule has 1 spiro atoms. The first-order valence-electron chi connectivity index (χ1n) is 6.40. The lowest BCUT2D eigenvalue weighted by Crippen LogP contribution is -2.07. The Morgan fingerprint density at radius 3 is 2.94 bits per heavy atom. The van der Waals surface area contributed by atoms with E-state index in [4.69, 9.17) is 14.7 Å². The maximum absolute atomic E-state index is 8.99. The molecule has 2 aliphatic rings. The molecule has 0 heterocycles. The number of nitrogens with zero attached hydrogens (tertiary/aromatic N) is 1. The highest BCUT2D eigenvalue weighted by Gasteiger charge is 2.54. The predicted octanol–water partition coefficient (Wildman–Crippen LogP) is 3.00. The van der Waals surface area contributed by atoms with Crippen LogP contribution in [0.1, 0.15) is 36.3 Å². The zero-order chi connectivity index (χ0) is 12.6. The fourth-order valence-corrected chi connectivity index (χ4v) is 3.23. The lowest BCUT2D eigenvalue weighted by atomic mass is 9.87. The molecule has 1 atom stereocenters. The highest BCUT2D eigenvalue weighted by atomic mass is 16.7. The molecule has 0 radical (unpaired) electrons. The fraction of sp³-hybridized carbons (Fsp3) is 0.533. The standard InChI is InChI=1S/C15H17NO2/c1-17-10-18-12-2-3-13-11(8-12)9-15(5-6-15)14(13)4-7-16/h2-3,8,14H,4-6,9-10H2,1H3. The molecule has 0 aliphatic heterocycles. The third-order valence-corrected chi connectivity index (χ3v) is 4.30. The number of ether oxygens (including phenoxy) is 2. The van der Waals surface area contributed by atoms with Gasteiger partial charge in [0.2, 0.25) is 0 Å². The van der Waals surface area contributed by atoms with E-state index in [2.05, 4.69) is 18.2 Å². The topological polar surface area (TPSA) is 42.2 Å². The Morgan fingerprint density at radius 1 is 1.44 bits per heavy atom. The minimum atomic E-state index is 0.283. The molecule has 0 N–H and O–H groups in total. The van der Waals surface area contributed by atoms with Crippen molar-refractivity contribution in [1.29, 1.82) is 5.26 Å². The molecule has 1 saturated carbocycles. The fourth-order valence-electron chi connectivity index (χ4n) is 3.23. The van der Waals surface area contributed by atoms with E-state index < -0.39 is 0 Å². The summed E-state index contributed by atoms with van der Waals surface area (Å²) in [6.45, 7) is 0.283. The normalized spacial score (nSPS) is 22.6. The molecule has 0 amide bonds. The molecule has 1 fully saturated rings. The molecular formula is C15H17NO2. The predicted molar refractivity (Wildman–Crippen MR) is 67.3 cm³/mol. The molecule has 18 heavy (non-hydrogen) atoms. The van der Waals surface area contributed by atoms with Gasteiger partial charge in [-0.3, -0.25) is 0 Å². The van der Waals surface area contributed by atoms with E-state index in [1.165, 1.54) is 24.0 Å². The summed E-state index contributed by atoms with van der Waals surface area (Å²) in [7, 11) is 1.62. The third-order valence-electron chi connectivity index (χ3n) is 4.30. The van der Waals surface area contributed by atoms with E-state index in [-0.39, 0.29) is 6.79 Å². The van der Waals surface area contributed by atoms with E-state index >= 15 is 0 Å². The number of hydrogen-bond acceptors (Lipinski definition) is 3. The van der Waals surface area contributed by atoms with E-state index in [0.29, 0.717) is 17.8 Å². The maximum atomic E-state index is 8.99. The van der Waals surface area contributed by atoms with Crippen molar-refractivity contribution in [3.8, 4) is 11.8 Å². The van der Waals surface area contributed by atoms with Crippen LogP contribution in [-0.2, 0) is 11.2 Å². The second-order valence-electron chi connectivity index (χ2n) is 5.37. The Hall–Kier alpha value is -1.53. The molecule has 94 valence electrons. The lowest BCUT2D eigenvalue weighted by molar-refractivity contribution is 0.0511. The lowest BCUT2D eigenvalue weighted by Gasteiger charge is -2.15. The van der Waals surface area contributed by atoms with Gasteiger partial charge in [0.05, 0.1) is 6.07 Å². The summed E-state index contributed by atoms with van der Waals surface area (Å²) in [5, 5.41) is 8.99. The number of rotatable bonds is 4. The van der Waals surface area contributed by atoms with Crippen LogP contribution in [0.25, 0.3) is 0 Å². The Kier molecular flexibility index (Phi) is 2.76. The Bertz CT molecular complexity index is 500. The van der Waals surface area contributed by atoms with Crippen molar-refractivity contribution in [2.75, 3.05) is 13.9 Å². The molecule has 3 rings (SSSR count). The van der Waals surface area contributed by atoms with Crippen LogP contribution in [0.5, 0.6) is 5.75 Å². The van der Waals surface area contributed by atoms with Crippen LogP contribution in [0.3, 0.4) is 0 Å². The largest absolute Gasteiger partial charge is 0.468 e. The number of benzene rings is 1. The number of methoxy groups -OCH3 is 1. The molecule has 2 aliphatic carbocycles. The van der Waals surface area contributed by atoms with Gasteiger partial charge in [0.1, 0.15) is 5.75 Å². The van der Waals surface area contributed by atoms with Gasteiger partial charge in [0.25, 0.3) is 0 Å². The van der Waals surface area contributed by atoms with Crippen LogP contribution in [0.15, 0.2) is 18.2 Å². The monoisotopic (exact) mass is 243 g/mol.